The lowest BCUT2D eigenvalue weighted by Crippen LogP contribution is -2.33. The molecule has 1 aromatic heterocycles. The Hall–Kier alpha value is -3.42. The van der Waals surface area contributed by atoms with Gasteiger partial charge in [0, 0.05) is 47.8 Å². The van der Waals surface area contributed by atoms with Crippen molar-refractivity contribution in [1.29, 1.82) is 0 Å². The molecule has 0 bridgehead atoms. The van der Waals surface area contributed by atoms with Crippen LogP contribution in [0.2, 0.25) is 0 Å². The zero-order chi connectivity index (χ0) is 24.5. The van der Waals surface area contributed by atoms with E-state index in [1.807, 2.05) is 38.1 Å². The third kappa shape index (κ3) is 4.90. The number of benzene rings is 2. The van der Waals surface area contributed by atoms with E-state index in [-0.39, 0.29) is 17.4 Å². The van der Waals surface area contributed by atoms with Gasteiger partial charge in [0.1, 0.15) is 11.6 Å². The van der Waals surface area contributed by atoms with Crippen molar-refractivity contribution in [3.05, 3.63) is 76.7 Å². The quantitative estimate of drug-likeness (QED) is 0.504. The molecule has 0 saturated carbocycles. The second-order valence-corrected chi connectivity index (χ2v) is 8.61. The molecule has 0 aliphatic carbocycles. The summed E-state index contributed by atoms with van der Waals surface area (Å²) in [5.41, 5.74) is 3.17. The summed E-state index contributed by atoms with van der Waals surface area (Å²) in [6, 6.07) is 12.1. The summed E-state index contributed by atoms with van der Waals surface area (Å²) in [5, 5.41) is 0. The first-order valence-corrected chi connectivity index (χ1v) is 11.2. The maximum Gasteiger partial charge on any atom is 0.416 e. The Balaban J connectivity index is 1.62. The highest BCUT2D eigenvalue weighted by atomic mass is 19.4. The van der Waals surface area contributed by atoms with E-state index < -0.39 is 11.7 Å². The first kappa shape index (κ1) is 23.7. The summed E-state index contributed by atoms with van der Waals surface area (Å²) in [4.78, 5) is 24.4. The van der Waals surface area contributed by atoms with E-state index in [0.717, 1.165) is 46.2 Å². The summed E-state index contributed by atoms with van der Waals surface area (Å²) in [7, 11) is 1.62. The summed E-state index contributed by atoms with van der Waals surface area (Å²) in [6.45, 7) is 4.94. The third-order valence-corrected chi connectivity index (χ3v) is 5.99. The Kier molecular flexibility index (Phi) is 6.59. The summed E-state index contributed by atoms with van der Waals surface area (Å²) in [5.74, 6) is 1.34. The van der Waals surface area contributed by atoms with Crippen molar-refractivity contribution in [2.75, 3.05) is 20.2 Å². The normalized spacial score (nSPS) is 14.0. The number of carbonyl (C=O) groups is 1. The number of rotatable bonds is 4. The second-order valence-electron chi connectivity index (χ2n) is 8.61. The maximum atomic E-state index is 13.1. The fourth-order valence-corrected chi connectivity index (χ4v) is 4.05. The molecule has 8 heteroatoms. The van der Waals surface area contributed by atoms with Gasteiger partial charge in [0.05, 0.1) is 18.4 Å². The largest absolute Gasteiger partial charge is 0.497 e. The first-order chi connectivity index (χ1) is 16.2. The van der Waals surface area contributed by atoms with Crippen molar-refractivity contribution in [2.24, 2.45) is 0 Å². The second kappa shape index (κ2) is 9.44. The Morgan fingerprint density at radius 3 is 2.21 bits per heavy atom. The number of ether oxygens (including phenoxy) is 1. The molecule has 0 atom stereocenters. The maximum absolute atomic E-state index is 13.1. The number of carbonyl (C=O) groups excluding carboxylic acids is 1. The molecule has 2 aromatic carbocycles. The number of methoxy groups -OCH3 is 1. The van der Waals surface area contributed by atoms with E-state index in [2.05, 4.69) is 0 Å². The van der Waals surface area contributed by atoms with Gasteiger partial charge in [-0.1, -0.05) is 13.8 Å². The minimum atomic E-state index is -4.43. The van der Waals surface area contributed by atoms with Gasteiger partial charge in [0.25, 0.3) is 5.91 Å². The van der Waals surface area contributed by atoms with Crippen molar-refractivity contribution in [2.45, 2.75) is 38.8 Å². The van der Waals surface area contributed by atoms with Crippen LogP contribution in [-0.2, 0) is 19.0 Å². The smallest absolute Gasteiger partial charge is 0.416 e. The van der Waals surface area contributed by atoms with Crippen molar-refractivity contribution >= 4 is 5.91 Å². The Morgan fingerprint density at radius 1 is 0.971 bits per heavy atom. The van der Waals surface area contributed by atoms with Gasteiger partial charge >= 0.3 is 6.18 Å². The van der Waals surface area contributed by atoms with E-state index in [1.54, 1.807) is 12.0 Å². The lowest BCUT2D eigenvalue weighted by Gasteiger charge is -2.20. The van der Waals surface area contributed by atoms with Crippen LogP contribution in [0.3, 0.4) is 0 Å². The zero-order valence-electron chi connectivity index (χ0n) is 19.3. The number of alkyl halides is 3. The molecule has 5 nitrogen and oxygen atoms in total. The van der Waals surface area contributed by atoms with Gasteiger partial charge in [-0.05, 0) is 55.0 Å². The molecule has 0 radical (unpaired) electrons. The van der Waals surface area contributed by atoms with E-state index in [9.17, 15) is 18.0 Å². The molecule has 2 heterocycles. The van der Waals surface area contributed by atoms with Gasteiger partial charge in [0.15, 0.2) is 0 Å². The molecule has 0 N–H and O–H groups in total. The van der Waals surface area contributed by atoms with Gasteiger partial charge in [-0.15, -0.1) is 0 Å². The van der Waals surface area contributed by atoms with E-state index in [0.29, 0.717) is 25.9 Å². The predicted molar refractivity (Wildman–Crippen MR) is 123 cm³/mol. The lowest BCUT2D eigenvalue weighted by molar-refractivity contribution is -0.137. The zero-order valence-corrected chi connectivity index (χ0v) is 19.3. The standard InChI is InChI=1S/C26H26F3N3O2/c1-16(2)24-30-22-13-15-32(25(33)18-4-8-19(9-5-18)26(27,28)29)14-12-21(22)23(31-24)17-6-10-20(34-3)11-7-17/h4-11,16H,12-15H2,1-3H3. The molecular formula is C26H26F3N3O2. The number of halogens is 3. The molecule has 1 aliphatic heterocycles. The summed E-state index contributed by atoms with van der Waals surface area (Å²) < 4.78 is 43.9. The van der Waals surface area contributed by atoms with Crippen molar-refractivity contribution in [1.82, 2.24) is 14.9 Å². The van der Waals surface area contributed by atoms with Gasteiger partial charge in [-0.3, -0.25) is 4.79 Å². The van der Waals surface area contributed by atoms with Crippen LogP contribution < -0.4 is 4.74 Å². The van der Waals surface area contributed by atoms with Crippen LogP contribution in [0, 0.1) is 0 Å². The van der Waals surface area contributed by atoms with E-state index >= 15 is 0 Å². The Labute approximate surface area is 196 Å². The Bertz CT molecular complexity index is 1170. The minimum Gasteiger partial charge on any atom is -0.497 e. The van der Waals surface area contributed by atoms with Crippen LogP contribution in [-0.4, -0.2) is 41.0 Å². The average molecular weight is 470 g/mol. The molecule has 1 aliphatic rings. The van der Waals surface area contributed by atoms with Crippen LogP contribution in [0.25, 0.3) is 11.3 Å². The van der Waals surface area contributed by atoms with Crippen LogP contribution in [0.4, 0.5) is 13.2 Å². The number of amides is 1. The van der Waals surface area contributed by atoms with Crippen LogP contribution >= 0.6 is 0 Å². The predicted octanol–water partition coefficient (Wildman–Crippen LogP) is 5.54. The monoisotopic (exact) mass is 469 g/mol. The highest BCUT2D eigenvalue weighted by Crippen LogP contribution is 2.31. The molecule has 0 fully saturated rings. The molecule has 0 spiro atoms. The Morgan fingerprint density at radius 2 is 1.62 bits per heavy atom. The number of hydrogen-bond acceptors (Lipinski definition) is 4. The number of fused-ring (bicyclic) bond motifs is 1. The minimum absolute atomic E-state index is 0.135. The average Bonchev–Trinajstić information content (AvgIpc) is 3.05. The number of hydrogen-bond donors (Lipinski definition) is 0. The molecule has 0 unspecified atom stereocenters. The summed E-state index contributed by atoms with van der Waals surface area (Å²) in [6.07, 6.45) is -3.33. The van der Waals surface area contributed by atoms with Crippen molar-refractivity contribution < 1.29 is 22.7 Å². The van der Waals surface area contributed by atoms with Gasteiger partial charge in [0.2, 0.25) is 0 Å². The van der Waals surface area contributed by atoms with Crippen LogP contribution in [0.5, 0.6) is 5.75 Å². The molecule has 34 heavy (non-hydrogen) atoms. The number of nitrogens with zero attached hydrogens (tertiary/aromatic N) is 3. The highest BCUT2D eigenvalue weighted by molar-refractivity contribution is 5.94. The molecule has 1 amide bonds. The van der Waals surface area contributed by atoms with Gasteiger partial charge in [-0.2, -0.15) is 13.2 Å². The molecule has 178 valence electrons. The SMILES string of the molecule is COc1ccc(-c2nc(C(C)C)nc3c2CCN(C(=O)c2ccc(C(F)(F)F)cc2)CC3)cc1. The molecule has 3 aromatic rings. The first-order valence-electron chi connectivity index (χ1n) is 11.2. The van der Waals surface area contributed by atoms with E-state index in [4.69, 9.17) is 14.7 Å². The molecular weight excluding hydrogens is 443 g/mol. The van der Waals surface area contributed by atoms with Crippen LogP contribution in [0.15, 0.2) is 48.5 Å². The molecule has 0 saturated heterocycles. The van der Waals surface area contributed by atoms with Gasteiger partial charge in [-0.25, -0.2) is 9.97 Å². The van der Waals surface area contributed by atoms with Crippen molar-refractivity contribution in [3.63, 3.8) is 0 Å². The van der Waals surface area contributed by atoms with Gasteiger partial charge < -0.3 is 9.64 Å². The molecule has 4 rings (SSSR count). The topological polar surface area (TPSA) is 55.3 Å². The lowest BCUT2D eigenvalue weighted by atomic mass is 10.00. The highest BCUT2D eigenvalue weighted by Gasteiger charge is 2.31. The fourth-order valence-electron chi connectivity index (χ4n) is 4.05. The van der Waals surface area contributed by atoms with Crippen LogP contribution in [0.1, 0.15) is 52.8 Å². The van der Waals surface area contributed by atoms with E-state index in [1.165, 1.54) is 12.1 Å². The third-order valence-electron chi connectivity index (χ3n) is 5.99. The number of aromatic nitrogens is 2. The van der Waals surface area contributed by atoms with Crippen molar-refractivity contribution in [3.8, 4) is 17.0 Å². The fraction of sp³-hybridized carbons (Fsp3) is 0.346. The summed E-state index contributed by atoms with van der Waals surface area (Å²) >= 11 is 0.